The molecule has 2 fully saturated rings. The van der Waals surface area contributed by atoms with E-state index < -0.39 is 53.7 Å². The highest BCUT2D eigenvalue weighted by molar-refractivity contribution is 7.09. The molecule has 7 atom stereocenters. The normalized spacial score (nSPS) is 32.8. The molecule has 0 bridgehead atoms. The first-order valence-corrected chi connectivity index (χ1v) is 14.6. The van der Waals surface area contributed by atoms with Crippen molar-refractivity contribution in [1.82, 2.24) is 9.88 Å². The lowest BCUT2D eigenvalue weighted by atomic mass is 9.73. The van der Waals surface area contributed by atoms with Gasteiger partial charge in [0.1, 0.15) is 11.9 Å². The number of aliphatic hydroxyl groups is 2. The maximum absolute atomic E-state index is 13.3. The Morgan fingerprint density at radius 3 is 2.41 bits per heavy atom. The summed E-state index contributed by atoms with van der Waals surface area (Å²) in [5, 5.41) is 24.6. The molecule has 0 radical (unpaired) electrons. The number of thiazole rings is 1. The number of nitrogens with zero attached hydrogens (tertiary/aromatic N) is 2. The van der Waals surface area contributed by atoms with E-state index in [0.717, 1.165) is 16.3 Å². The van der Waals surface area contributed by atoms with E-state index in [1.807, 2.05) is 32.2 Å². The number of fused-ring (bicyclic) bond motifs is 1. The molecule has 1 amide bonds. The minimum Gasteiger partial charge on any atom is -0.458 e. The summed E-state index contributed by atoms with van der Waals surface area (Å²) in [5.41, 5.74) is 0.183. The van der Waals surface area contributed by atoms with Gasteiger partial charge in [0.25, 0.3) is 5.91 Å². The molecule has 1 aromatic rings. The first-order chi connectivity index (χ1) is 18.1. The van der Waals surface area contributed by atoms with Crippen molar-refractivity contribution in [2.75, 3.05) is 0 Å². The maximum atomic E-state index is 13.3. The minimum absolute atomic E-state index is 0.183. The predicted octanol–water partition coefficient (Wildman–Crippen LogP) is 3.49. The number of carbonyl (C=O) groups is 4. The number of aliphatic hydroxyl groups excluding tert-OH is 2. The molecule has 2 N–H and O–H groups in total. The highest BCUT2D eigenvalue weighted by Gasteiger charge is 2.52. The van der Waals surface area contributed by atoms with Gasteiger partial charge >= 0.3 is 5.97 Å². The number of rotatable bonds is 3. The van der Waals surface area contributed by atoms with Gasteiger partial charge in [0.15, 0.2) is 0 Å². The van der Waals surface area contributed by atoms with Crippen LogP contribution >= 0.6 is 11.3 Å². The van der Waals surface area contributed by atoms with Gasteiger partial charge in [0.2, 0.25) is 5.78 Å². The van der Waals surface area contributed by atoms with E-state index in [1.165, 1.54) is 18.3 Å². The summed E-state index contributed by atoms with van der Waals surface area (Å²) in [6.45, 7) is 11.7. The number of ether oxygens (including phenoxy) is 1. The van der Waals surface area contributed by atoms with Crippen LogP contribution in [0.15, 0.2) is 11.0 Å². The quantitative estimate of drug-likeness (QED) is 0.325. The molecule has 2 saturated heterocycles. The number of hydrogen-bond acceptors (Lipinski definition) is 9. The molecule has 0 aromatic carbocycles. The molecule has 2 aliphatic heterocycles. The lowest BCUT2D eigenvalue weighted by Crippen LogP contribution is -2.45. The summed E-state index contributed by atoms with van der Waals surface area (Å²) in [4.78, 5) is 57.0. The van der Waals surface area contributed by atoms with Gasteiger partial charge in [-0.15, -0.1) is 11.3 Å². The molecule has 216 valence electrons. The topological polar surface area (TPSA) is 134 Å². The monoisotopic (exact) mass is 562 g/mol. The van der Waals surface area contributed by atoms with Crippen LogP contribution in [0.4, 0.5) is 0 Å². The van der Waals surface area contributed by atoms with Gasteiger partial charge in [-0.3, -0.25) is 19.2 Å². The Balaban J connectivity index is 1.94. The summed E-state index contributed by atoms with van der Waals surface area (Å²) < 4.78 is 5.87. The number of carbonyl (C=O) groups excluding carboxylic acids is 4. The van der Waals surface area contributed by atoms with Crippen molar-refractivity contribution >= 4 is 40.9 Å². The second-order valence-corrected chi connectivity index (χ2v) is 12.9. The van der Waals surface area contributed by atoms with Crippen molar-refractivity contribution in [3.05, 3.63) is 21.7 Å². The zero-order chi connectivity index (χ0) is 29.2. The fourth-order valence-corrected chi connectivity index (χ4v) is 6.15. The Morgan fingerprint density at radius 2 is 1.82 bits per heavy atom. The summed E-state index contributed by atoms with van der Waals surface area (Å²) >= 11 is 1.50. The summed E-state index contributed by atoms with van der Waals surface area (Å²) in [6, 6.07) is -0.465. The van der Waals surface area contributed by atoms with E-state index in [2.05, 4.69) is 4.98 Å². The second-order valence-electron chi connectivity index (χ2n) is 11.8. The predicted molar refractivity (Wildman–Crippen MR) is 148 cm³/mol. The summed E-state index contributed by atoms with van der Waals surface area (Å²) in [5.74, 6) is -3.03. The number of esters is 1. The van der Waals surface area contributed by atoms with Crippen molar-refractivity contribution in [1.29, 1.82) is 0 Å². The highest BCUT2D eigenvalue weighted by atomic mass is 32.1. The van der Waals surface area contributed by atoms with Crippen LogP contribution in [-0.2, 0) is 23.9 Å². The number of amides is 1. The van der Waals surface area contributed by atoms with Crippen LogP contribution in [0, 0.1) is 24.2 Å². The van der Waals surface area contributed by atoms with Gasteiger partial charge in [-0.05, 0) is 44.3 Å². The Labute approximate surface area is 234 Å². The molecule has 39 heavy (non-hydrogen) atoms. The van der Waals surface area contributed by atoms with Gasteiger partial charge in [-0.2, -0.15) is 0 Å². The third kappa shape index (κ3) is 7.21. The van der Waals surface area contributed by atoms with Gasteiger partial charge in [0, 0.05) is 24.6 Å². The van der Waals surface area contributed by atoms with Gasteiger partial charge in [0.05, 0.1) is 46.8 Å². The number of aromatic nitrogens is 1. The van der Waals surface area contributed by atoms with E-state index in [4.69, 9.17) is 4.74 Å². The summed E-state index contributed by atoms with van der Waals surface area (Å²) in [7, 11) is 0. The third-order valence-electron chi connectivity index (χ3n) is 8.35. The molecule has 3 heterocycles. The summed E-state index contributed by atoms with van der Waals surface area (Å²) in [6.07, 6.45) is 0.737. The average Bonchev–Trinajstić information content (AvgIpc) is 3.38. The van der Waals surface area contributed by atoms with Crippen LogP contribution in [0.2, 0.25) is 0 Å². The van der Waals surface area contributed by atoms with Crippen LogP contribution < -0.4 is 0 Å². The van der Waals surface area contributed by atoms with Gasteiger partial charge in [-0.25, -0.2) is 4.98 Å². The van der Waals surface area contributed by atoms with E-state index in [0.29, 0.717) is 25.7 Å². The fourth-order valence-electron chi connectivity index (χ4n) is 5.58. The van der Waals surface area contributed by atoms with E-state index in [-0.39, 0.29) is 23.8 Å². The maximum Gasteiger partial charge on any atom is 0.309 e. The van der Waals surface area contributed by atoms with Crippen molar-refractivity contribution < 1.29 is 34.1 Å². The molecule has 0 saturated carbocycles. The zero-order valence-electron chi connectivity index (χ0n) is 24.0. The molecular formula is C29H42N2O7S. The van der Waals surface area contributed by atoms with Crippen LogP contribution in [0.3, 0.4) is 0 Å². The number of ketones is 2. The molecule has 0 spiro atoms. The van der Waals surface area contributed by atoms with Crippen LogP contribution in [0.25, 0.3) is 6.08 Å². The second kappa shape index (κ2) is 12.4. The van der Waals surface area contributed by atoms with E-state index >= 15 is 0 Å². The molecule has 3 rings (SSSR count). The molecule has 2 aliphatic rings. The zero-order valence-corrected chi connectivity index (χ0v) is 24.8. The van der Waals surface area contributed by atoms with Crippen LogP contribution in [0.1, 0.15) is 84.3 Å². The largest absolute Gasteiger partial charge is 0.458 e. The Morgan fingerprint density at radius 1 is 1.15 bits per heavy atom. The highest BCUT2D eigenvalue weighted by Crippen LogP contribution is 2.39. The smallest absolute Gasteiger partial charge is 0.309 e. The molecule has 1 unspecified atom stereocenters. The molecule has 0 aliphatic carbocycles. The molecule has 9 nitrogen and oxygen atoms in total. The first-order valence-electron chi connectivity index (χ1n) is 13.7. The SMILES string of the molecule is CC(=O)C(=O)N1[C@@H]2CCC[C@H](C)[C@H](O)[C@@H](C)C(=O)C(C)(C)[C@@H](O)CC(=O)OC(C(C)=Cc3csc(C)n3)C[C@@H]21. The number of Topliss-reactive ketones (excluding diaryl/α,β-unsaturated/α-hetero) is 2. The third-order valence-corrected chi connectivity index (χ3v) is 9.14. The van der Waals surface area contributed by atoms with Gasteiger partial charge in [-0.1, -0.05) is 34.1 Å². The molecular weight excluding hydrogens is 520 g/mol. The van der Waals surface area contributed by atoms with Crippen molar-refractivity contribution in [2.24, 2.45) is 17.3 Å². The Kier molecular flexibility index (Phi) is 9.88. The van der Waals surface area contributed by atoms with Crippen molar-refractivity contribution in [2.45, 2.75) is 111 Å². The average molecular weight is 563 g/mol. The lowest BCUT2D eigenvalue weighted by Gasteiger charge is -2.34. The van der Waals surface area contributed by atoms with E-state index in [1.54, 1.807) is 25.7 Å². The number of cyclic esters (lactones) is 1. The first kappa shape index (κ1) is 31.1. The minimum atomic E-state index is -1.31. The Bertz CT molecular complexity index is 1130. The van der Waals surface area contributed by atoms with Crippen molar-refractivity contribution in [3.63, 3.8) is 0 Å². The Hall–Kier alpha value is -2.43. The standard InChI is InChI=1S/C29H42N2O7S/c1-15-9-8-10-21-22(31(21)28(37)18(4)32)12-23(16(2)11-20-14-39-19(5)30-20)38-25(34)13-24(33)29(6,7)27(36)17(3)26(15)35/h11,14-15,17,21-24,26,33,35H,8-10,12-13H2,1-7H3/t15-,17+,21+,22-,23?,24-,26-,31?/m0/s1. The van der Waals surface area contributed by atoms with Crippen molar-refractivity contribution in [3.8, 4) is 0 Å². The van der Waals surface area contributed by atoms with Crippen LogP contribution in [-0.4, -0.2) is 73.9 Å². The number of hydrogen-bond donors (Lipinski definition) is 2. The molecule has 10 heteroatoms. The molecule has 1 aromatic heterocycles. The van der Waals surface area contributed by atoms with E-state index in [9.17, 15) is 29.4 Å². The van der Waals surface area contributed by atoms with Gasteiger partial charge < -0.3 is 19.8 Å². The van der Waals surface area contributed by atoms with Crippen LogP contribution in [0.5, 0.6) is 0 Å². The lowest BCUT2D eigenvalue weighted by molar-refractivity contribution is -0.154. The fraction of sp³-hybridized carbons (Fsp3) is 0.690. The number of aryl methyl sites for hydroxylation is 1.